The average molecular weight is 523 g/mol. The third-order valence-corrected chi connectivity index (χ3v) is 8.66. The second-order valence-electron chi connectivity index (χ2n) is 9.93. The Morgan fingerprint density at radius 3 is 2.70 bits per heavy atom. The smallest absolute Gasteiger partial charge is 0.327 e. The van der Waals surface area contributed by atoms with Crippen LogP contribution in [0.1, 0.15) is 30.3 Å². The minimum absolute atomic E-state index is 0.158. The number of carbonyl (C=O) groups excluding carboxylic acids is 2. The van der Waals surface area contributed by atoms with E-state index in [0.29, 0.717) is 10.5 Å². The Balaban J connectivity index is 1.29. The van der Waals surface area contributed by atoms with Crippen LogP contribution in [-0.4, -0.2) is 79.1 Å². The monoisotopic (exact) mass is 522 g/mol. The predicted octanol–water partition coefficient (Wildman–Crippen LogP) is 3.24. The fourth-order valence-electron chi connectivity index (χ4n) is 5.46. The van der Waals surface area contributed by atoms with Crippen molar-refractivity contribution in [1.82, 2.24) is 25.4 Å². The van der Waals surface area contributed by atoms with Gasteiger partial charge in [-0.2, -0.15) is 0 Å². The molecular weight excluding hydrogens is 488 g/mol. The van der Waals surface area contributed by atoms with Crippen LogP contribution in [0, 0.1) is 5.41 Å². The molecule has 2 N–H and O–H groups in total. The van der Waals surface area contributed by atoms with E-state index in [9.17, 15) is 9.59 Å². The van der Waals surface area contributed by atoms with Gasteiger partial charge >= 0.3 is 6.03 Å². The minimum Gasteiger partial charge on any atom is -0.497 e. The zero-order valence-corrected chi connectivity index (χ0v) is 22.4. The van der Waals surface area contributed by atoms with Crippen molar-refractivity contribution in [2.45, 2.75) is 31.8 Å². The molecule has 1 aromatic rings. The van der Waals surface area contributed by atoms with E-state index in [4.69, 9.17) is 4.74 Å². The summed E-state index contributed by atoms with van der Waals surface area (Å²) in [7, 11) is 3.37. The van der Waals surface area contributed by atoms with Gasteiger partial charge < -0.3 is 25.2 Å². The van der Waals surface area contributed by atoms with E-state index in [1.54, 1.807) is 35.4 Å². The summed E-state index contributed by atoms with van der Waals surface area (Å²) in [6.45, 7) is 9.87. The number of hydrogen-bond donors (Lipinski definition) is 2. The van der Waals surface area contributed by atoms with Crippen molar-refractivity contribution in [1.29, 1.82) is 0 Å². The lowest BCUT2D eigenvalue weighted by Crippen LogP contribution is -2.58. The minimum atomic E-state index is -0.306. The lowest BCUT2D eigenvalue weighted by Gasteiger charge is -2.49. The van der Waals surface area contributed by atoms with E-state index < -0.39 is 0 Å². The fourth-order valence-corrected chi connectivity index (χ4v) is 6.30. The van der Waals surface area contributed by atoms with E-state index in [1.165, 1.54) is 11.3 Å². The number of amides is 3. The van der Waals surface area contributed by atoms with Crippen molar-refractivity contribution in [3.05, 3.63) is 71.3 Å². The molecule has 0 aromatic carbocycles. The third-order valence-electron chi connectivity index (χ3n) is 7.82. The van der Waals surface area contributed by atoms with Gasteiger partial charge in [0.25, 0.3) is 5.91 Å². The van der Waals surface area contributed by atoms with Crippen LogP contribution in [0.15, 0.2) is 65.6 Å². The first-order valence-corrected chi connectivity index (χ1v) is 13.5. The van der Waals surface area contributed by atoms with Crippen LogP contribution in [0.2, 0.25) is 0 Å². The second kappa shape index (κ2) is 10.2. The van der Waals surface area contributed by atoms with Crippen LogP contribution in [-0.2, 0) is 4.74 Å². The molecule has 9 nitrogen and oxygen atoms in total. The number of nitrogens with zero attached hydrogens (tertiary/aromatic N) is 4. The Bertz CT molecular complexity index is 1200. The van der Waals surface area contributed by atoms with Gasteiger partial charge in [-0.3, -0.25) is 9.69 Å². The van der Waals surface area contributed by atoms with Crippen molar-refractivity contribution in [3.8, 4) is 0 Å². The average Bonchev–Trinajstić information content (AvgIpc) is 3.48. The molecule has 0 radical (unpaired) electrons. The first-order valence-electron chi connectivity index (χ1n) is 12.6. The number of hydrogen-bond acceptors (Lipinski definition) is 7. The number of methoxy groups -OCH3 is 1. The highest BCUT2D eigenvalue weighted by atomic mass is 32.1. The summed E-state index contributed by atoms with van der Waals surface area (Å²) in [4.78, 5) is 36.5. The van der Waals surface area contributed by atoms with E-state index >= 15 is 0 Å². The van der Waals surface area contributed by atoms with Crippen molar-refractivity contribution in [3.63, 3.8) is 0 Å². The summed E-state index contributed by atoms with van der Waals surface area (Å²) in [5.74, 6) is 0.414. The van der Waals surface area contributed by atoms with Crippen LogP contribution in [0.3, 0.4) is 0 Å². The summed E-state index contributed by atoms with van der Waals surface area (Å²) >= 11 is 1.29. The molecule has 2 unspecified atom stereocenters. The van der Waals surface area contributed by atoms with Crippen LogP contribution >= 0.6 is 11.3 Å². The van der Waals surface area contributed by atoms with E-state index in [0.717, 1.165) is 56.2 Å². The molecule has 37 heavy (non-hydrogen) atoms. The van der Waals surface area contributed by atoms with Crippen molar-refractivity contribution in [2.75, 3.05) is 45.2 Å². The standard InChI is InChI=1S/C27H34N6O3S/c1-5-7-21(32-12-10-27(11-13-32)16-28-17-27)19(6-2)29-24(34)20-15-37-25(30-20)33-22-9-8-18(36-4)14-23(22)31(3)26(33)35/h5-9,14-15,22-23,28H,1,10-13,16-17H2,2-4H3,(H,29,34)/b19-6+,21-7+. The van der Waals surface area contributed by atoms with Gasteiger partial charge in [-0.05, 0) is 43.4 Å². The van der Waals surface area contributed by atoms with Gasteiger partial charge in [0, 0.05) is 38.6 Å². The van der Waals surface area contributed by atoms with Crippen LogP contribution in [0.5, 0.6) is 0 Å². The molecule has 3 fully saturated rings. The lowest BCUT2D eigenvalue weighted by atomic mass is 9.73. The number of anilines is 1. The highest BCUT2D eigenvalue weighted by Gasteiger charge is 2.45. The topological polar surface area (TPSA) is 90.0 Å². The Morgan fingerprint density at radius 2 is 2.08 bits per heavy atom. The molecule has 1 spiro atoms. The zero-order chi connectivity index (χ0) is 26.2. The van der Waals surface area contributed by atoms with Crippen molar-refractivity contribution in [2.24, 2.45) is 5.41 Å². The van der Waals surface area contributed by atoms with Gasteiger partial charge in [0.15, 0.2) is 5.13 Å². The molecule has 0 bridgehead atoms. The quantitative estimate of drug-likeness (QED) is 0.535. The Hall–Kier alpha value is -3.37. The van der Waals surface area contributed by atoms with Crippen LogP contribution in [0.25, 0.3) is 0 Å². The van der Waals surface area contributed by atoms with Gasteiger partial charge in [-0.25, -0.2) is 9.78 Å². The van der Waals surface area contributed by atoms with Gasteiger partial charge in [0.05, 0.1) is 30.6 Å². The second-order valence-corrected chi connectivity index (χ2v) is 10.8. The van der Waals surface area contributed by atoms with Crippen LogP contribution < -0.4 is 15.5 Å². The van der Waals surface area contributed by atoms with Gasteiger partial charge in [0.1, 0.15) is 11.5 Å². The Kier molecular flexibility index (Phi) is 6.96. The predicted molar refractivity (Wildman–Crippen MR) is 145 cm³/mol. The first kappa shape index (κ1) is 25.3. The summed E-state index contributed by atoms with van der Waals surface area (Å²) < 4.78 is 5.34. The molecule has 4 aliphatic rings. The number of ether oxygens (including phenoxy) is 1. The normalized spacial score (nSPS) is 25.1. The molecule has 0 saturated carbocycles. The number of piperidine rings is 1. The number of nitrogens with one attached hydrogen (secondary N) is 2. The van der Waals surface area contributed by atoms with E-state index in [-0.39, 0.29) is 29.7 Å². The number of thiazole rings is 1. The number of allylic oxidation sites excluding steroid dienone is 4. The highest BCUT2D eigenvalue weighted by molar-refractivity contribution is 7.14. The number of rotatable bonds is 7. The van der Waals surface area contributed by atoms with Gasteiger partial charge in [-0.15, -0.1) is 11.3 Å². The molecule has 3 saturated heterocycles. The molecule has 1 aromatic heterocycles. The molecule has 3 aliphatic heterocycles. The van der Waals surface area contributed by atoms with E-state index in [1.807, 2.05) is 37.3 Å². The number of carbonyl (C=O) groups is 2. The first-order chi connectivity index (χ1) is 17.9. The van der Waals surface area contributed by atoms with Gasteiger partial charge in [-0.1, -0.05) is 24.8 Å². The summed E-state index contributed by atoms with van der Waals surface area (Å²) in [6.07, 6.45) is 13.6. The summed E-state index contributed by atoms with van der Waals surface area (Å²) in [6, 6.07) is -0.529. The molecule has 4 heterocycles. The number of aromatic nitrogens is 1. The molecule has 2 atom stereocenters. The van der Waals surface area contributed by atoms with Gasteiger partial charge in [0.2, 0.25) is 0 Å². The largest absolute Gasteiger partial charge is 0.497 e. The zero-order valence-electron chi connectivity index (χ0n) is 21.6. The Labute approximate surface area is 221 Å². The SMILES string of the molecule is C=C/C=C(\C(=C/C)NC(=O)c1csc(N2C(=O)N(C)C3C=C(OC)C=CC32)n1)N1CCC2(CC1)CNC2. The molecule has 5 rings (SSSR count). The molecular formula is C27H34N6O3S. The molecule has 1 aliphatic carbocycles. The number of likely N-dealkylation sites (N-methyl/N-ethyl adjacent to an activating group) is 1. The number of fused-ring (bicyclic) bond motifs is 1. The fraction of sp³-hybridized carbons (Fsp3) is 0.444. The molecule has 3 amide bonds. The third kappa shape index (κ3) is 4.59. The number of likely N-dealkylation sites (tertiary alicyclic amines) is 1. The molecule has 10 heteroatoms. The molecule has 196 valence electrons. The van der Waals surface area contributed by atoms with Crippen molar-refractivity contribution >= 4 is 28.4 Å². The highest BCUT2D eigenvalue weighted by Crippen LogP contribution is 2.37. The Morgan fingerprint density at radius 1 is 1.32 bits per heavy atom. The maximum Gasteiger partial charge on any atom is 0.327 e. The number of urea groups is 1. The van der Waals surface area contributed by atoms with E-state index in [2.05, 4.69) is 27.1 Å². The van der Waals surface area contributed by atoms with Crippen molar-refractivity contribution < 1.29 is 14.3 Å². The summed E-state index contributed by atoms with van der Waals surface area (Å²) in [5, 5.41) is 8.65. The maximum absolute atomic E-state index is 13.3. The maximum atomic E-state index is 13.3. The lowest BCUT2D eigenvalue weighted by molar-refractivity contribution is 0.0703. The summed E-state index contributed by atoms with van der Waals surface area (Å²) in [5.41, 5.74) is 2.39. The van der Waals surface area contributed by atoms with Crippen LogP contribution in [0.4, 0.5) is 9.93 Å².